The number of guanidine groups is 1. The number of aryl methyl sites for hydroxylation is 2. The summed E-state index contributed by atoms with van der Waals surface area (Å²) >= 11 is 5.98. The third-order valence-corrected chi connectivity index (χ3v) is 4.45. The number of rotatable bonds is 5. The number of fused-ring (bicyclic) bond motifs is 1. The second kappa shape index (κ2) is 10.2. The van der Waals surface area contributed by atoms with Gasteiger partial charge in [0.15, 0.2) is 5.96 Å². The third kappa shape index (κ3) is 5.90. The molecule has 7 nitrogen and oxygen atoms in total. The Balaban J connectivity index is 0.00000280. The Kier molecular flexibility index (Phi) is 8.23. The van der Waals surface area contributed by atoms with E-state index in [4.69, 9.17) is 11.6 Å². The second-order valence-electron chi connectivity index (χ2n) is 6.19. The highest BCUT2D eigenvalue weighted by molar-refractivity contribution is 14.0. The molecule has 154 valence electrons. The molecule has 0 bridgehead atoms. The summed E-state index contributed by atoms with van der Waals surface area (Å²) in [5, 5.41) is 11.3. The first-order valence-electron chi connectivity index (χ1n) is 8.55. The smallest absolute Gasteiger partial charge is 0.387 e. The van der Waals surface area contributed by atoms with E-state index < -0.39 is 6.61 Å². The Morgan fingerprint density at radius 2 is 2.25 bits per heavy atom. The van der Waals surface area contributed by atoms with Crippen LogP contribution in [0.3, 0.4) is 0 Å². The van der Waals surface area contributed by atoms with Crippen LogP contribution in [0.4, 0.5) is 8.78 Å². The van der Waals surface area contributed by atoms with Gasteiger partial charge >= 0.3 is 6.61 Å². The van der Waals surface area contributed by atoms with Crippen molar-refractivity contribution in [2.75, 3.05) is 7.05 Å². The monoisotopic (exact) mass is 526 g/mol. The Morgan fingerprint density at radius 3 is 2.96 bits per heavy atom. The number of nitrogens with one attached hydrogen (secondary N) is 2. The van der Waals surface area contributed by atoms with Crippen LogP contribution in [0.2, 0.25) is 5.02 Å². The van der Waals surface area contributed by atoms with E-state index in [1.54, 1.807) is 13.1 Å². The molecule has 1 unspecified atom stereocenters. The fourth-order valence-corrected chi connectivity index (χ4v) is 3.21. The van der Waals surface area contributed by atoms with Gasteiger partial charge in [-0.2, -0.15) is 13.9 Å². The molecule has 0 aliphatic carbocycles. The quantitative estimate of drug-likeness (QED) is 0.356. The van der Waals surface area contributed by atoms with E-state index in [1.165, 1.54) is 12.1 Å². The lowest BCUT2D eigenvalue weighted by Gasteiger charge is -2.25. The largest absolute Gasteiger partial charge is 0.434 e. The van der Waals surface area contributed by atoms with Crippen LogP contribution in [0.1, 0.15) is 23.6 Å². The van der Waals surface area contributed by atoms with Gasteiger partial charge in [0, 0.05) is 36.6 Å². The van der Waals surface area contributed by atoms with Gasteiger partial charge in [-0.25, -0.2) is 9.67 Å². The molecule has 0 spiro atoms. The van der Waals surface area contributed by atoms with E-state index in [9.17, 15) is 8.78 Å². The predicted molar refractivity (Wildman–Crippen MR) is 114 cm³/mol. The lowest BCUT2D eigenvalue weighted by atomic mass is 10.1. The van der Waals surface area contributed by atoms with Crippen molar-refractivity contribution in [3.05, 3.63) is 40.4 Å². The van der Waals surface area contributed by atoms with Crippen LogP contribution in [-0.4, -0.2) is 40.4 Å². The molecule has 1 aliphatic heterocycles. The van der Waals surface area contributed by atoms with Crippen molar-refractivity contribution < 1.29 is 13.5 Å². The van der Waals surface area contributed by atoms with Crippen LogP contribution in [0.5, 0.6) is 5.75 Å². The van der Waals surface area contributed by atoms with E-state index in [0.29, 0.717) is 23.1 Å². The number of alkyl halides is 2. The van der Waals surface area contributed by atoms with Crippen molar-refractivity contribution in [3.63, 3.8) is 0 Å². The number of benzene rings is 1. The van der Waals surface area contributed by atoms with Crippen LogP contribution >= 0.6 is 35.6 Å². The lowest BCUT2D eigenvalue weighted by Crippen LogP contribution is -2.46. The van der Waals surface area contributed by atoms with E-state index in [0.717, 1.165) is 24.5 Å². The van der Waals surface area contributed by atoms with Gasteiger partial charge in [-0.15, -0.1) is 24.0 Å². The zero-order valence-electron chi connectivity index (χ0n) is 15.5. The summed E-state index contributed by atoms with van der Waals surface area (Å²) in [6.45, 7) is -0.0979. The van der Waals surface area contributed by atoms with Gasteiger partial charge in [-0.1, -0.05) is 11.6 Å². The van der Waals surface area contributed by atoms with Crippen LogP contribution in [0.15, 0.2) is 23.2 Å². The van der Waals surface area contributed by atoms with Crippen molar-refractivity contribution in [3.8, 4) is 5.75 Å². The van der Waals surface area contributed by atoms with Gasteiger partial charge in [0.2, 0.25) is 0 Å². The number of hydrogen-bond donors (Lipinski definition) is 2. The first kappa shape index (κ1) is 22.6. The van der Waals surface area contributed by atoms with Gasteiger partial charge in [0.1, 0.15) is 17.4 Å². The molecule has 2 heterocycles. The molecule has 1 aromatic carbocycles. The van der Waals surface area contributed by atoms with Crippen molar-refractivity contribution in [1.82, 2.24) is 25.4 Å². The van der Waals surface area contributed by atoms with Gasteiger partial charge in [0.05, 0.1) is 6.54 Å². The fourth-order valence-electron chi connectivity index (χ4n) is 3.02. The van der Waals surface area contributed by atoms with E-state index >= 15 is 0 Å². The van der Waals surface area contributed by atoms with Gasteiger partial charge < -0.3 is 15.4 Å². The number of hydrogen-bond acceptors (Lipinski definition) is 4. The molecule has 1 atom stereocenters. The number of halogens is 4. The van der Waals surface area contributed by atoms with Crippen molar-refractivity contribution in [1.29, 1.82) is 0 Å². The Bertz CT molecular complexity index is 832. The molecule has 2 N–H and O–H groups in total. The summed E-state index contributed by atoms with van der Waals surface area (Å²) in [7, 11) is 1.65. The summed E-state index contributed by atoms with van der Waals surface area (Å²) in [6, 6.07) is 4.67. The Morgan fingerprint density at radius 1 is 1.46 bits per heavy atom. The molecule has 0 fully saturated rings. The Hall–Kier alpha value is -1.69. The van der Waals surface area contributed by atoms with E-state index in [1.807, 2.05) is 11.6 Å². The number of aromatic nitrogens is 3. The summed E-state index contributed by atoms with van der Waals surface area (Å²) in [5.74, 6) is 2.39. The average molecular weight is 527 g/mol. The summed E-state index contributed by atoms with van der Waals surface area (Å²) in [4.78, 5) is 8.59. The highest BCUT2D eigenvalue weighted by Gasteiger charge is 2.21. The summed E-state index contributed by atoms with van der Waals surface area (Å²) in [6.07, 6.45) is 1.73. The summed E-state index contributed by atoms with van der Waals surface area (Å²) < 4.78 is 31.6. The van der Waals surface area contributed by atoms with Gasteiger partial charge in [-0.3, -0.25) is 4.99 Å². The maximum Gasteiger partial charge on any atom is 0.387 e. The van der Waals surface area contributed by atoms with Crippen LogP contribution in [-0.2, 0) is 19.5 Å². The maximum atomic E-state index is 12.6. The van der Waals surface area contributed by atoms with Crippen molar-refractivity contribution >= 4 is 41.5 Å². The second-order valence-corrected chi connectivity index (χ2v) is 6.63. The molecule has 11 heteroatoms. The molecular weight excluding hydrogens is 505 g/mol. The standard InChI is InChI=1S/C17H21ClF2N6O.HI/c1-10-23-15-6-4-13(9-26(15)25-10)24-17(21-2)22-8-11-7-12(18)3-5-14(11)27-16(19)20;/h3,5,7,13,16H,4,6,8-9H2,1-2H3,(H2,21,22,24);1H. The first-order valence-corrected chi connectivity index (χ1v) is 8.93. The van der Waals surface area contributed by atoms with Crippen LogP contribution in [0, 0.1) is 6.92 Å². The molecule has 0 radical (unpaired) electrons. The zero-order chi connectivity index (χ0) is 19.4. The van der Waals surface area contributed by atoms with Crippen molar-refractivity contribution in [2.45, 2.75) is 45.5 Å². The number of nitrogens with zero attached hydrogens (tertiary/aromatic N) is 4. The number of aliphatic imine (C=N–C) groups is 1. The van der Waals surface area contributed by atoms with Crippen molar-refractivity contribution in [2.24, 2.45) is 4.99 Å². The predicted octanol–water partition coefficient (Wildman–Crippen LogP) is 3.14. The third-order valence-electron chi connectivity index (χ3n) is 4.21. The lowest BCUT2D eigenvalue weighted by molar-refractivity contribution is -0.0504. The normalized spacial score (nSPS) is 16.4. The van der Waals surface area contributed by atoms with Gasteiger partial charge in [-0.05, 0) is 31.5 Å². The molecule has 0 amide bonds. The minimum atomic E-state index is -2.90. The summed E-state index contributed by atoms with van der Waals surface area (Å²) in [5.41, 5.74) is 0.517. The van der Waals surface area contributed by atoms with Crippen LogP contribution in [0.25, 0.3) is 0 Å². The fraction of sp³-hybridized carbons (Fsp3) is 0.471. The number of ether oxygens (including phenoxy) is 1. The topological polar surface area (TPSA) is 76.4 Å². The molecule has 28 heavy (non-hydrogen) atoms. The zero-order valence-corrected chi connectivity index (χ0v) is 18.5. The molecule has 0 saturated carbocycles. The minimum absolute atomic E-state index is 0. The highest BCUT2D eigenvalue weighted by atomic mass is 127. The Labute approximate surface area is 183 Å². The minimum Gasteiger partial charge on any atom is -0.434 e. The molecule has 3 rings (SSSR count). The molecule has 2 aromatic rings. The molecular formula is C17H22ClF2IN6O. The van der Waals surface area contributed by atoms with Crippen LogP contribution < -0.4 is 15.4 Å². The van der Waals surface area contributed by atoms with Gasteiger partial charge in [0.25, 0.3) is 0 Å². The molecule has 1 aliphatic rings. The van der Waals surface area contributed by atoms with E-state index in [-0.39, 0.29) is 42.3 Å². The average Bonchev–Trinajstić information content (AvgIpc) is 2.99. The molecule has 1 aromatic heterocycles. The molecule has 0 saturated heterocycles. The SMILES string of the molecule is CN=C(NCc1cc(Cl)ccc1OC(F)F)NC1CCc2nc(C)nn2C1.I. The van der Waals surface area contributed by atoms with E-state index in [2.05, 4.69) is 30.4 Å². The maximum absolute atomic E-state index is 12.6. The first-order chi connectivity index (χ1) is 12.9. The highest BCUT2D eigenvalue weighted by Crippen LogP contribution is 2.24.